The Kier molecular flexibility index (Phi) is 4.74. The summed E-state index contributed by atoms with van der Waals surface area (Å²) in [6.45, 7) is 7.88. The van der Waals surface area contributed by atoms with Crippen molar-refractivity contribution in [2.75, 3.05) is 26.7 Å². The van der Waals surface area contributed by atoms with Gasteiger partial charge in [0.25, 0.3) is 0 Å². The van der Waals surface area contributed by atoms with Crippen molar-refractivity contribution in [2.24, 2.45) is 5.92 Å². The van der Waals surface area contributed by atoms with Gasteiger partial charge in [-0.1, -0.05) is 13.8 Å². The third-order valence-electron chi connectivity index (χ3n) is 3.27. The molecule has 0 aromatic rings. The Morgan fingerprint density at radius 3 is 2.62 bits per heavy atom. The maximum atomic E-state index is 12.3. The predicted octanol–water partition coefficient (Wildman–Crippen LogP) is 0.556. The third-order valence-corrected chi connectivity index (χ3v) is 3.27. The molecule has 1 heterocycles. The van der Waals surface area contributed by atoms with Crippen LogP contribution in [0.2, 0.25) is 0 Å². The highest BCUT2D eigenvalue weighted by atomic mass is 16.3. The molecular formula is C12H24N2O2. The lowest BCUT2D eigenvalue weighted by Gasteiger charge is -2.31. The lowest BCUT2D eigenvalue weighted by atomic mass is 10.1. The number of aliphatic hydroxyl groups is 1. The normalized spacial score (nSPS) is 28.6. The topological polar surface area (TPSA) is 43.8 Å². The molecule has 1 fully saturated rings. The van der Waals surface area contributed by atoms with Crippen LogP contribution in [0.15, 0.2) is 0 Å². The van der Waals surface area contributed by atoms with Gasteiger partial charge in [0.2, 0.25) is 5.91 Å². The maximum absolute atomic E-state index is 12.3. The molecule has 0 radical (unpaired) electrons. The molecule has 1 amide bonds. The largest absolute Gasteiger partial charge is 0.394 e. The molecule has 0 spiro atoms. The monoisotopic (exact) mass is 228 g/mol. The average molecular weight is 228 g/mol. The summed E-state index contributed by atoms with van der Waals surface area (Å²) in [6, 6.07) is -0.0856. The Morgan fingerprint density at radius 2 is 2.12 bits per heavy atom. The number of likely N-dealkylation sites (N-methyl/N-ethyl adjacent to an activating group) is 1. The van der Waals surface area contributed by atoms with E-state index in [2.05, 4.69) is 20.8 Å². The Labute approximate surface area is 98.2 Å². The van der Waals surface area contributed by atoms with Crippen molar-refractivity contribution in [3.8, 4) is 0 Å². The lowest BCUT2D eigenvalue weighted by molar-refractivity contribution is -0.138. The van der Waals surface area contributed by atoms with E-state index in [0.717, 1.165) is 19.5 Å². The van der Waals surface area contributed by atoms with E-state index in [1.54, 1.807) is 0 Å². The van der Waals surface area contributed by atoms with Crippen LogP contribution in [0.3, 0.4) is 0 Å². The van der Waals surface area contributed by atoms with Crippen molar-refractivity contribution in [3.63, 3.8) is 0 Å². The molecule has 4 heteroatoms. The van der Waals surface area contributed by atoms with Gasteiger partial charge in [-0.2, -0.15) is 0 Å². The summed E-state index contributed by atoms with van der Waals surface area (Å²) in [4.78, 5) is 16.1. The van der Waals surface area contributed by atoms with Crippen molar-refractivity contribution in [2.45, 2.75) is 39.3 Å². The molecule has 1 rings (SSSR count). The van der Waals surface area contributed by atoms with Crippen LogP contribution >= 0.6 is 0 Å². The summed E-state index contributed by atoms with van der Waals surface area (Å²) in [5, 5.41) is 9.31. The van der Waals surface area contributed by atoms with Crippen molar-refractivity contribution in [1.29, 1.82) is 0 Å². The Bertz CT molecular complexity index is 243. The zero-order valence-electron chi connectivity index (χ0n) is 10.8. The minimum absolute atomic E-state index is 0.0729. The minimum atomic E-state index is -0.358. The van der Waals surface area contributed by atoms with Gasteiger partial charge in [0, 0.05) is 19.1 Å². The number of rotatable bonds is 3. The molecule has 0 bridgehead atoms. The zero-order chi connectivity index (χ0) is 12.3. The first-order valence-corrected chi connectivity index (χ1v) is 6.09. The number of carbonyl (C=O) groups is 1. The minimum Gasteiger partial charge on any atom is -0.394 e. The van der Waals surface area contributed by atoms with E-state index in [9.17, 15) is 9.90 Å². The predicted molar refractivity (Wildman–Crippen MR) is 64.1 cm³/mol. The number of aliphatic hydroxyl groups excluding tert-OH is 1. The summed E-state index contributed by atoms with van der Waals surface area (Å²) in [5.41, 5.74) is 0. The van der Waals surface area contributed by atoms with E-state index >= 15 is 0 Å². The number of hydrogen-bond acceptors (Lipinski definition) is 3. The van der Waals surface area contributed by atoms with Gasteiger partial charge in [0.1, 0.15) is 6.04 Å². The second-order valence-electron chi connectivity index (χ2n) is 5.20. The summed E-state index contributed by atoms with van der Waals surface area (Å²) >= 11 is 0. The molecule has 0 aliphatic carbocycles. The molecule has 1 N–H and O–H groups in total. The molecule has 0 aromatic heterocycles. The molecule has 4 nitrogen and oxygen atoms in total. The summed E-state index contributed by atoms with van der Waals surface area (Å²) in [7, 11) is 1.91. The lowest BCUT2D eigenvalue weighted by Crippen LogP contribution is -2.49. The number of carbonyl (C=O) groups excluding carboxylic acids is 1. The van der Waals surface area contributed by atoms with Crippen LogP contribution in [-0.2, 0) is 4.79 Å². The highest BCUT2D eigenvalue weighted by Gasteiger charge is 2.33. The Morgan fingerprint density at radius 1 is 1.50 bits per heavy atom. The fourth-order valence-corrected chi connectivity index (χ4v) is 2.18. The van der Waals surface area contributed by atoms with Gasteiger partial charge < -0.3 is 10.0 Å². The van der Waals surface area contributed by atoms with Crippen LogP contribution in [-0.4, -0.2) is 59.6 Å². The van der Waals surface area contributed by atoms with E-state index < -0.39 is 0 Å². The number of nitrogens with zero attached hydrogens (tertiary/aromatic N) is 2. The van der Waals surface area contributed by atoms with Gasteiger partial charge >= 0.3 is 0 Å². The van der Waals surface area contributed by atoms with Crippen molar-refractivity contribution in [1.82, 2.24) is 9.80 Å². The Balaban J connectivity index is 2.82. The van der Waals surface area contributed by atoms with E-state index in [0.29, 0.717) is 5.92 Å². The van der Waals surface area contributed by atoms with E-state index in [1.807, 2.05) is 16.8 Å². The molecular weight excluding hydrogens is 204 g/mol. The number of hydrogen-bond donors (Lipinski definition) is 1. The molecule has 1 saturated heterocycles. The second kappa shape index (κ2) is 5.64. The van der Waals surface area contributed by atoms with Gasteiger partial charge in [0.15, 0.2) is 0 Å². The van der Waals surface area contributed by atoms with E-state index in [-0.39, 0.29) is 24.6 Å². The van der Waals surface area contributed by atoms with Gasteiger partial charge in [-0.15, -0.1) is 0 Å². The van der Waals surface area contributed by atoms with Crippen LogP contribution in [0.25, 0.3) is 0 Å². The molecule has 1 aliphatic rings. The smallest absolute Gasteiger partial charge is 0.242 e. The van der Waals surface area contributed by atoms with Crippen LogP contribution in [0.5, 0.6) is 0 Å². The average Bonchev–Trinajstić information content (AvgIpc) is 2.30. The third kappa shape index (κ3) is 2.95. The fraction of sp³-hybridized carbons (Fsp3) is 0.917. The van der Waals surface area contributed by atoms with Crippen molar-refractivity contribution < 1.29 is 9.90 Å². The van der Waals surface area contributed by atoms with Gasteiger partial charge in [-0.05, 0) is 26.3 Å². The van der Waals surface area contributed by atoms with Gasteiger partial charge in [-0.3, -0.25) is 9.69 Å². The first kappa shape index (κ1) is 13.5. The molecule has 0 saturated carbocycles. The zero-order valence-corrected chi connectivity index (χ0v) is 10.8. The first-order valence-electron chi connectivity index (χ1n) is 6.09. The summed E-state index contributed by atoms with van der Waals surface area (Å²) in [6.07, 6.45) is 0.978. The molecule has 1 aliphatic heterocycles. The Hall–Kier alpha value is -0.610. The molecule has 2 unspecified atom stereocenters. The van der Waals surface area contributed by atoms with E-state index in [4.69, 9.17) is 0 Å². The molecule has 16 heavy (non-hydrogen) atoms. The van der Waals surface area contributed by atoms with Crippen LogP contribution in [0.4, 0.5) is 0 Å². The van der Waals surface area contributed by atoms with Crippen LogP contribution in [0.1, 0.15) is 27.2 Å². The molecule has 2 atom stereocenters. The van der Waals surface area contributed by atoms with E-state index in [1.165, 1.54) is 0 Å². The fourth-order valence-electron chi connectivity index (χ4n) is 2.18. The molecule has 0 aromatic carbocycles. The van der Waals surface area contributed by atoms with Crippen LogP contribution in [0, 0.1) is 5.92 Å². The van der Waals surface area contributed by atoms with Crippen molar-refractivity contribution in [3.05, 3.63) is 0 Å². The van der Waals surface area contributed by atoms with Crippen molar-refractivity contribution >= 4 is 5.91 Å². The highest BCUT2D eigenvalue weighted by molar-refractivity contribution is 5.82. The first-order chi connectivity index (χ1) is 7.47. The SMILES string of the molecule is CC(C)CN1C(=O)C(CO)N(C)CCC1C. The quantitative estimate of drug-likeness (QED) is 0.767. The summed E-state index contributed by atoms with van der Waals surface area (Å²) < 4.78 is 0. The van der Waals surface area contributed by atoms with Gasteiger partial charge in [-0.25, -0.2) is 0 Å². The maximum Gasteiger partial charge on any atom is 0.242 e. The highest BCUT2D eigenvalue weighted by Crippen LogP contribution is 2.16. The summed E-state index contributed by atoms with van der Waals surface area (Å²) in [5.74, 6) is 0.540. The molecule has 94 valence electrons. The standard InChI is InChI=1S/C12H24N2O2/c1-9(2)7-14-10(3)5-6-13(4)11(8-15)12(14)16/h9-11,15H,5-8H2,1-4H3. The van der Waals surface area contributed by atoms with Crippen LogP contribution < -0.4 is 0 Å². The number of amides is 1. The second-order valence-corrected chi connectivity index (χ2v) is 5.20. The van der Waals surface area contributed by atoms with Gasteiger partial charge in [0.05, 0.1) is 6.61 Å².